The Labute approximate surface area is 116 Å². The van der Waals surface area contributed by atoms with Crippen molar-refractivity contribution in [2.45, 2.75) is 18.2 Å². The van der Waals surface area contributed by atoms with E-state index in [0.29, 0.717) is 6.42 Å². The number of nitrogens with one attached hydrogen (secondary N) is 1. The fourth-order valence-electron chi connectivity index (χ4n) is 1.26. The minimum absolute atomic E-state index is 0.0276. The number of halogens is 2. The molecule has 0 aliphatic carbocycles. The van der Waals surface area contributed by atoms with Gasteiger partial charge in [-0.15, -0.1) is 0 Å². The molecule has 18 heavy (non-hydrogen) atoms. The monoisotopic (exact) mass is 331 g/mol. The molecule has 9 heteroatoms. The molecule has 102 valence electrons. The first-order valence-corrected chi connectivity index (χ1v) is 9.24. The van der Waals surface area contributed by atoms with Gasteiger partial charge in [-0.2, -0.15) is 0 Å². The Morgan fingerprint density at radius 2 is 1.83 bits per heavy atom. The average Bonchev–Trinajstić information content (AvgIpc) is 2.13. The summed E-state index contributed by atoms with van der Waals surface area (Å²) in [6.07, 6.45) is 0.469. The summed E-state index contributed by atoms with van der Waals surface area (Å²) < 4.78 is 47.5. The van der Waals surface area contributed by atoms with Crippen molar-refractivity contribution >= 4 is 47.0 Å². The molecule has 1 rings (SSSR count). The van der Waals surface area contributed by atoms with Gasteiger partial charge in [0.2, 0.25) is 10.0 Å². The van der Waals surface area contributed by atoms with Crippen molar-refractivity contribution < 1.29 is 16.8 Å². The van der Waals surface area contributed by atoms with E-state index in [9.17, 15) is 16.8 Å². The number of rotatable bonds is 5. The predicted octanol–water partition coefficient (Wildman–Crippen LogP) is 2.42. The third kappa shape index (κ3) is 4.31. The Morgan fingerprint density at radius 1 is 1.22 bits per heavy atom. The third-order valence-corrected chi connectivity index (χ3v) is 5.24. The van der Waals surface area contributed by atoms with E-state index in [-0.39, 0.29) is 21.4 Å². The average molecular weight is 332 g/mol. The van der Waals surface area contributed by atoms with Gasteiger partial charge in [0.05, 0.1) is 16.5 Å². The molecule has 0 atom stereocenters. The van der Waals surface area contributed by atoms with Crippen molar-refractivity contribution in [1.29, 1.82) is 0 Å². The molecular formula is C9H11Cl2NO4S2. The molecule has 0 amide bonds. The molecule has 0 bridgehead atoms. The zero-order valence-corrected chi connectivity index (χ0v) is 12.5. The Balaban J connectivity index is 3.07. The van der Waals surface area contributed by atoms with Crippen LogP contribution >= 0.6 is 22.3 Å². The van der Waals surface area contributed by atoms with Crippen molar-refractivity contribution in [3.63, 3.8) is 0 Å². The van der Waals surface area contributed by atoms with E-state index in [1.807, 2.05) is 0 Å². The number of hydrogen-bond donors (Lipinski definition) is 1. The molecule has 1 aromatic carbocycles. The van der Waals surface area contributed by atoms with Crippen molar-refractivity contribution in [2.24, 2.45) is 0 Å². The molecule has 1 N–H and O–H groups in total. The summed E-state index contributed by atoms with van der Waals surface area (Å²) in [5.74, 6) is -0.0276. The normalized spacial score (nSPS) is 12.4. The largest absolute Gasteiger partial charge is 0.284 e. The Kier molecular flexibility index (Phi) is 4.88. The van der Waals surface area contributed by atoms with Gasteiger partial charge in [0, 0.05) is 10.7 Å². The zero-order chi connectivity index (χ0) is 14.0. The van der Waals surface area contributed by atoms with Gasteiger partial charge in [-0.05, 0) is 24.6 Å². The van der Waals surface area contributed by atoms with Crippen LogP contribution in [0.2, 0.25) is 5.02 Å². The second-order valence-electron chi connectivity index (χ2n) is 3.50. The topological polar surface area (TPSA) is 80.3 Å². The molecule has 0 radical (unpaired) electrons. The van der Waals surface area contributed by atoms with E-state index in [4.69, 9.17) is 22.3 Å². The molecule has 5 nitrogen and oxygen atoms in total. The summed E-state index contributed by atoms with van der Waals surface area (Å²) in [5, 5.41) is -0.137. The van der Waals surface area contributed by atoms with Crippen molar-refractivity contribution in [1.82, 2.24) is 0 Å². The Bertz CT molecular complexity index is 641. The van der Waals surface area contributed by atoms with Crippen LogP contribution in [0.5, 0.6) is 0 Å². The SMILES string of the molecule is CCCS(=O)(=O)Nc1ccc(S(=O)(=O)Cl)c(Cl)c1. The predicted molar refractivity (Wildman–Crippen MR) is 72.2 cm³/mol. The summed E-state index contributed by atoms with van der Waals surface area (Å²) in [4.78, 5) is -0.260. The van der Waals surface area contributed by atoms with Gasteiger partial charge in [-0.25, -0.2) is 16.8 Å². The minimum Gasteiger partial charge on any atom is -0.284 e. The first-order valence-electron chi connectivity index (χ1n) is 4.90. The molecule has 0 saturated heterocycles. The lowest BCUT2D eigenvalue weighted by atomic mass is 10.3. The Morgan fingerprint density at radius 3 is 2.28 bits per heavy atom. The molecular weight excluding hydrogens is 321 g/mol. The lowest BCUT2D eigenvalue weighted by Crippen LogP contribution is -2.16. The summed E-state index contributed by atoms with van der Waals surface area (Å²) >= 11 is 5.72. The van der Waals surface area contributed by atoms with Crippen molar-refractivity contribution in [3.05, 3.63) is 23.2 Å². The maximum Gasteiger partial charge on any atom is 0.262 e. The van der Waals surface area contributed by atoms with E-state index >= 15 is 0 Å². The lowest BCUT2D eigenvalue weighted by Gasteiger charge is -2.08. The van der Waals surface area contributed by atoms with E-state index in [0.717, 1.165) is 6.07 Å². The van der Waals surface area contributed by atoms with Crippen LogP contribution in [0.15, 0.2) is 23.1 Å². The highest BCUT2D eigenvalue weighted by atomic mass is 35.7. The summed E-state index contributed by atoms with van der Waals surface area (Å²) in [6.45, 7) is 1.73. The van der Waals surface area contributed by atoms with Crippen LogP contribution in [0.25, 0.3) is 0 Å². The first kappa shape index (κ1) is 15.6. The van der Waals surface area contributed by atoms with Crippen LogP contribution in [0, 0.1) is 0 Å². The molecule has 0 aliphatic rings. The van der Waals surface area contributed by atoms with Gasteiger partial charge >= 0.3 is 0 Å². The molecule has 0 aromatic heterocycles. The number of benzene rings is 1. The van der Waals surface area contributed by atoms with Gasteiger partial charge in [0.1, 0.15) is 4.90 Å². The van der Waals surface area contributed by atoms with E-state index < -0.39 is 19.1 Å². The van der Waals surface area contributed by atoms with E-state index in [1.165, 1.54) is 12.1 Å². The van der Waals surface area contributed by atoms with Crippen molar-refractivity contribution in [3.8, 4) is 0 Å². The molecule has 0 spiro atoms. The standard InChI is InChI=1S/C9H11Cl2NO4S2/c1-2-5-17(13,14)12-7-3-4-9(8(10)6-7)18(11,15)16/h3-4,6,12H,2,5H2,1H3. The fourth-order valence-corrected chi connectivity index (χ4v) is 3.92. The third-order valence-electron chi connectivity index (χ3n) is 1.94. The zero-order valence-electron chi connectivity index (χ0n) is 9.35. The van der Waals surface area contributed by atoms with Gasteiger partial charge < -0.3 is 0 Å². The van der Waals surface area contributed by atoms with Gasteiger partial charge in [0.15, 0.2) is 0 Å². The number of hydrogen-bond acceptors (Lipinski definition) is 4. The number of anilines is 1. The van der Waals surface area contributed by atoms with Crippen molar-refractivity contribution in [2.75, 3.05) is 10.5 Å². The van der Waals surface area contributed by atoms with Crippen LogP contribution in [0.1, 0.15) is 13.3 Å². The van der Waals surface area contributed by atoms with Crippen LogP contribution in [0.4, 0.5) is 5.69 Å². The highest BCUT2D eigenvalue weighted by Gasteiger charge is 2.16. The second kappa shape index (κ2) is 5.64. The molecule has 0 saturated carbocycles. The van der Waals surface area contributed by atoms with Crippen LogP contribution < -0.4 is 4.72 Å². The maximum absolute atomic E-state index is 11.5. The molecule has 0 unspecified atom stereocenters. The summed E-state index contributed by atoms with van der Waals surface area (Å²) in [5.41, 5.74) is 0.192. The van der Waals surface area contributed by atoms with E-state index in [1.54, 1.807) is 6.92 Å². The van der Waals surface area contributed by atoms with E-state index in [2.05, 4.69) is 4.72 Å². The van der Waals surface area contributed by atoms with Gasteiger partial charge in [-0.1, -0.05) is 18.5 Å². The quantitative estimate of drug-likeness (QED) is 0.840. The van der Waals surface area contributed by atoms with Gasteiger partial charge in [-0.3, -0.25) is 4.72 Å². The molecule has 0 aliphatic heterocycles. The molecule has 0 fully saturated rings. The highest BCUT2D eigenvalue weighted by Crippen LogP contribution is 2.27. The van der Waals surface area contributed by atoms with Crippen LogP contribution in [-0.4, -0.2) is 22.6 Å². The van der Waals surface area contributed by atoms with Crippen LogP contribution in [-0.2, 0) is 19.1 Å². The highest BCUT2D eigenvalue weighted by molar-refractivity contribution is 8.13. The lowest BCUT2D eigenvalue weighted by molar-refractivity contribution is 0.599. The van der Waals surface area contributed by atoms with Crippen LogP contribution in [0.3, 0.4) is 0 Å². The van der Waals surface area contributed by atoms with Gasteiger partial charge in [0.25, 0.3) is 9.05 Å². The second-order valence-corrected chi connectivity index (χ2v) is 8.29. The number of sulfonamides is 1. The Hall–Kier alpha value is -0.500. The fraction of sp³-hybridized carbons (Fsp3) is 0.333. The molecule has 1 aromatic rings. The smallest absolute Gasteiger partial charge is 0.262 e. The first-order chi connectivity index (χ1) is 8.15. The summed E-state index contributed by atoms with van der Waals surface area (Å²) in [6, 6.07) is 3.63. The molecule has 0 heterocycles. The maximum atomic E-state index is 11.5. The minimum atomic E-state index is -3.94. The summed E-state index contributed by atoms with van der Waals surface area (Å²) in [7, 11) is -2.23.